The Bertz CT molecular complexity index is 392. The minimum absolute atomic E-state index is 0.0115. The van der Waals surface area contributed by atoms with Crippen molar-refractivity contribution in [2.75, 3.05) is 6.54 Å². The van der Waals surface area contributed by atoms with Gasteiger partial charge in [-0.1, -0.05) is 6.07 Å². The van der Waals surface area contributed by atoms with Crippen LogP contribution in [0.2, 0.25) is 0 Å². The first-order valence-corrected chi connectivity index (χ1v) is 5.16. The zero-order chi connectivity index (χ0) is 13.9. The summed E-state index contributed by atoms with van der Waals surface area (Å²) in [5.74, 6) is -4.75. The number of hydrogen-bond acceptors (Lipinski definition) is 3. The van der Waals surface area contributed by atoms with Gasteiger partial charge < -0.3 is 15.5 Å². The Morgan fingerprint density at radius 3 is 2.17 bits per heavy atom. The highest BCUT2D eigenvalue weighted by molar-refractivity contribution is 5.44. The molecule has 0 fully saturated rings. The zero-order valence-corrected chi connectivity index (χ0v) is 9.50. The van der Waals surface area contributed by atoms with Crippen LogP contribution in [0.3, 0.4) is 0 Å². The van der Waals surface area contributed by atoms with Crippen LogP contribution in [0, 0.1) is 0 Å². The Kier molecular flexibility index (Phi) is 4.39. The Morgan fingerprint density at radius 2 is 1.72 bits per heavy atom. The molecule has 0 amide bonds. The number of phenolic OH excluding ortho intramolecular Hbond substituents is 2. The molecule has 18 heavy (non-hydrogen) atoms. The fraction of sp³-hybridized carbons (Fsp3) is 0.455. The monoisotopic (exact) mass is 267 g/mol. The van der Waals surface area contributed by atoms with Crippen molar-refractivity contribution in [2.45, 2.75) is 25.3 Å². The summed E-state index contributed by atoms with van der Waals surface area (Å²) in [6, 6.07) is 3.00. The second-order valence-corrected chi connectivity index (χ2v) is 3.87. The molecule has 1 rings (SSSR count). The van der Waals surface area contributed by atoms with Gasteiger partial charge in [-0.2, -0.15) is 8.78 Å². The molecule has 0 spiro atoms. The van der Waals surface area contributed by atoms with Crippen molar-refractivity contribution in [1.29, 1.82) is 0 Å². The first kappa shape index (κ1) is 14.6. The number of aromatic hydroxyl groups is 2. The molecule has 0 saturated heterocycles. The lowest BCUT2D eigenvalue weighted by molar-refractivity contribution is -0.126. The minimum Gasteiger partial charge on any atom is -0.507 e. The lowest BCUT2D eigenvalue weighted by Gasteiger charge is -2.21. The van der Waals surface area contributed by atoms with Crippen molar-refractivity contribution in [1.82, 2.24) is 5.32 Å². The van der Waals surface area contributed by atoms with Crippen LogP contribution in [-0.4, -0.2) is 29.1 Å². The number of hydrogen-bond donors (Lipinski definition) is 3. The van der Waals surface area contributed by atoms with Gasteiger partial charge >= 0.3 is 12.3 Å². The number of rotatable bonds is 5. The lowest BCUT2D eigenvalue weighted by atomic mass is 10.1. The van der Waals surface area contributed by atoms with Crippen LogP contribution in [0.15, 0.2) is 18.2 Å². The number of halogens is 4. The molecule has 3 nitrogen and oxygen atoms in total. The third kappa shape index (κ3) is 3.25. The van der Waals surface area contributed by atoms with Gasteiger partial charge in [-0.15, -0.1) is 0 Å². The van der Waals surface area contributed by atoms with Gasteiger partial charge in [0, 0.05) is 6.04 Å². The van der Waals surface area contributed by atoms with Crippen LogP contribution in [0.4, 0.5) is 17.6 Å². The Balaban J connectivity index is 2.75. The molecule has 0 heterocycles. The summed E-state index contributed by atoms with van der Waals surface area (Å²) >= 11 is 0. The second kappa shape index (κ2) is 5.43. The highest BCUT2D eigenvalue weighted by atomic mass is 19.3. The maximum absolute atomic E-state index is 12.7. The van der Waals surface area contributed by atoms with Crippen LogP contribution in [-0.2, 0) is 0 Å². The summed E-state index contributed by atoms with van der Waals surface area (Å²) in [6.45, 7) is 0.121. The van der Waals surface area contributed by atoms with E-state index in [9.17, 15) is 27.8 Å². The van der Waals surface area contributed by atoms with E-state index < -0.39 is 24.9 Å². The molecule has 102 valence electrons. The van der Waals surface area contributed by atoms with Crippen molar-refractivity contribution in [3.8, 4) is 11.5 Å². The van der Waals surface area contributed by atoms with Crippen molar-refractivity contribution in [2.24, 2.45) is 0 Å². The molecular formula is C11H13F4NO2. The van der Waals surface area contributed by atoms with Gasteiger partial charge in [0.1, 0.15) is 11.5 Å². The van der Waals surface area contributed by atoms with E-state index in [0.29, 0.717) is 0 Å². The van der Waals surface area contributed by atoms with Gasteiger partial charge in [-0.3, -0.25) is 0 Å². The summed E-state index contributed by atoms with van der Waals surface area (Å²) < 4.78 is 49.2. The average molecular weight is 267 g/mol. The molecule has 1 aromatic carbocycles. The molecule has 7 heteroatoms. The largest absolute Gasteiger partial charge is 0.507 e. The van der Waals surface area contributed by atoms with E-state index in [0.717, 1.165) is 0 Å². The predicted molar refractivity (Wildman–Crippen MR) is 57.1 cm³/mol. The van der Waals surface area contributed by atoms with Gasteiger partial charge in [0.2, 0.25) is 0 Å². The summed E-state index contributed by atoms with van der Waals surface area (Å²) in [5, 5.41) is 21.1. The minimum atomic E-state index is -4.16. The van der Waals surface area contributed by atoms with E-state index in [4.69, 9.17) is 0 Å². The number of benzene rings is 1. The van der Waals surface area contributed by atoms with Crippen molar-refractivity contribution < 1.29 is 27.8 Å². The maximum Gasteiger partial charge on any atom is 0.319 e. The highest BCUT2D eigenvalue weighted by Gasteiger charge is 2.40. The lowest BCUT2D eigenvalue weighted by Crippen LogP contribution is -2.39. The maximum atomic E-state index is 12.7. The zero-order valence-electron chi connectivity index (χ0n) is 9.50. The number of alkyl halides is 4. The molecule has 0 aromatic heterocycles. The van der Waals surface area contributed by atoms with E-state index in [1.165, 1.54) is 25.1 Å². The topological polar surface area (TPSA) is 52.5 Å². The van der Waals surface area contributed by atoms with E-state index in [2.05, 4.69) is 5.32 Å². The van der Waals surface area contributed by atoms with E-state index in [-0.39, 0.29) is 17.1 Å². The Hall–Kier alpha value is -1.50. The van der Waals surface area contributed by atoms with Crippen molar-refractivity contribution in [3.05, 3.63) is 23.8 Å². The van der Waals surface area contributed by atoms with Crippen LogP contribution >= 0.6 is 0 Å². The third-order valence-corrected chi connectivity index (χ3v) is 2.46. The van der Waals surface area contributed by atoms with E-state index >= 15 is 0 Å². The normalized spacial score (nSPS) is 13.9. The second-order valence-electron chi connectivity index (χ2n) is 3.87. The summed E-state index contributed by atoms with van der Waals surface area (Å²) in [5.41, 5.74) is -0.0115. The average Bonchev–Trinajstić information content (AvgIpc) is 2.26. The van der Waals surface area contributed by atoms with Gasteiger partial charge in [0.15, 0.2) is 0 Å². The molecular weight excluding hydrogens is 254 g/mol. The molecule has 0 radical (unpaired) electrons. The van der Waals surface area contributed by atoms with Gasteiger partial charge in [0.05, 0.1) is 12.1 Å². The summed E-state index contributed by atoms with van der Waals surface area (Å²) in [6.07, 6.45) is -3.77. The Morgan fingerprint density at radius 1 is 1.22 bits per heavy atom. The Labute approximate surface area is 101 Å². The number of nitrogens with one attached hydrogen (secondary N) is 1. The predicted octanol–water partition coefficient (Wildman–Crippen LogP) is 2.65. The SMILES string of the molecule is CC(NCC(F)(F)C(F)F)c1c(O)cccc1O. The van der Waals surface area contributed by atoms with Crippen LogP contribution in [0.1, 0.15) is 18.5 Å². The number of phenols is 2. The quantitative estimate of drug-likeness (QED) is 0.719. The molecule has 1 atom stereocenters. The van der Waals surface area contributed by atoms with E-state index in [1.54, 1.807) is 0 Å². The molecule has 3 N–H and O–H groups in total. The first-order chi connectivity index (χ1) is 8.25. The van der Waals surface area contributed by atoms with Crippen LogP contribution < -0.4 is 5.32 Å². The molecule has 0 aliphatic rings. The van der Waals surface area contributed by atoms with Gasteiger partial charge in [0.25, 0.3) is 0 Å². The smallest absolute Gasteiger partial charge is 0.319 e. The highest BCUT2D eigenvalue weighted by Crippen LogP contribution is 2.32. The van der Waals surface area contributed by atoms with Gasteiger partial charge in [-0.25, -0.2) is 8.78 Å². The standard InChI is InChI=1S/C11H13F4NO2/c1-6(16-5-11(14,15)10(12)13)9-7(17)3-2-4-8(9)18/h2-4,6,10,16-18H,5H2,1H3. The van der Waals surface area contributed by atoms with Gasteiger partial charge in [-0.05, 0) is 19.1 Å². The third-order valence-electron chi connectivity index (χ3n) is 2.46. The molecule has 0 saturated carbocycles. The molecule has 1 aromatic rings. The first-order valence-electron chi connectivity index (χ1n) is 5.16. The van der Waals surface area contributed by atoms with Crippen LogP contribution in [0.5, 0.6) is 11.5 Å². The summed E-state index contributed by atoms with van der Waals surface area (Å²) in [4.78, 5) is 0. The fourth-order valence-electron chi connectivity index (χ4n) is 1.45. The molecule has 0 bridgehead atoms. The molecule has 1 unspecified atom stereocenters. The van der Waals surface area contributed by atoms with Crippen molar-refractivity contribution in [3.63, 3.8) is 0 Å². The van der Waals surface area contributed by atoms with E-state index in [1.807, 2.05) is 0 Å². The fourth-order valence-corrected chi connectivity index (χ4v) is 1.45. The molecule has 0 aliphatic heterocycles. The summed E-state index contributed by atoms with van der Waals surface area (Å²) in [7, 11) is 0. The van der Waals surface area contributed by atoms with Crippen molar-refractivity contribution >= 4 is 0 Å². The molecule has 0 aliphatic carbocycles. The van der Waals surface area contributed by atoms with Crippen LogP contribution in [0.25, 0.3) is 0 Å².